The fraction of sp³-hybridized carbons (Fsp3) is 0.273. The van der Waals surface area contributed by atoms with Crippen molar-refractivity contribution < 1.29 is 9.59 Å². The molecule has 18 heavy (non-hydrogen) atoms. The standard InChI is InChI=1S/C6H5I.C5H8N2O2.2ClH/c7-6-4-2-1-3-5-6;1-5(2)3(8)6-4(9)7-5;;/h1-5H;1-2H3,(H2,6,7,8,9);2*1H. The average molecular weight is 405 g/mol. The monoisotopic (exact) mass is 404 g/mol. The van der Waals surface area contributed by atoms with Crippen LogP contribution in [0.5, 0.6) is 0 Å². The van der Waals surface area contributed by atoms with Crippen LogP contribution in [-0.4, -0.2) is 17.5 Å². The molecule has 1 saturated heterocycles. The van der Waals surface area contributed by atoms with E-state index in [1.807, 2.05) is 18.2 Å². The summed E-state index contributed by atoms with van der Waals surface area (Å²) in [6.07, 6.45) is 0. The zero-order valence-corrected chi connectivity index (χ0v) is 13.7. The maximum absolute atomic E-state index is 10.7. The van der Waals surface area contributed by atoms with Gasteiger partial charge in [0.1, 0.15) is 5.54 Å². The Hall–Kier alpha value is -0.530. The van der Waals surface area contributed by atoms with Crippen LogP contribution in [0.15, 0.2) is 30.3 Å². The van der Waals surface area contributed by atoms with Crippen LogP contribution < -0.4 is 10.6 Å². The van der Waals surface area contributed by atoms with Crippen molar-refractivity contribution in [2.75, 3.05) is 0 Å². The first-order chi connectivity index (χ1) is 7.42. The van der Waals surface area contributed by atoms with Gasteiger partial charge in [-0.05, 0) is 48.6 Å². The molecule has 1 aromatic rings. The third-order valence-corrected chi connectivity index (χ3v) is 2.67. The predicted octanol–water partition coefficient (Wildman–Crippen LogP) is 2.74. The van der Waals surface area contributed by atoms with Gasteiger partial charge in [-0.15, -0.1) is 24.8 Å². The molecule has 0 bridgehead atoms. The summed E-state index contributed by atoms with van der Waals surface area (Å²) in [6, 6.07) is 9.80. The summed E-state index contributed by atoms with van der Waals surface area (Å²) in [5, 5.41) is 4.56. The summed E-state index contributed by atoms with van der Waals surface area (Å²) < 4.78 is 1.29. The van der Waals surface area contributed by atoms with Crippen LogP contribution in [0.1, 0.15) is 13.8 Å². The second kappa shape index (κ2) is 8.55. The number of amides is 3. The molecule has 0 atom stereocenters. The second-order valence-corrected chi connectivity index (χ2v) is 5.07. The highest BCUT2D eigenvalue weighted by atomic mass is 127. The number of urea groups is 1. The highest BCUT2D eigenvalue weighted by Gasteiger charge is 2.36. The molecule has 0 aromatic heterocycles. The Morgan fingerprint density at radius 3 is 1.72 bits per heavy atom. The van der Waals surface area contributed by atoms with E-state index in [1.165, 1.54) is 3.57 Å². The minimum atomic E-state index is -0.725. The first-order valence-electron chi connectivity index (χ1n) is 4.76. The summed E-state index contributed by atoms with van der Waals surface area (Å²) in [5.41, 5.74) is -0.725. The maximum atomic E-state index is 10.7. The minimum Gasteiger partial charge on any atom is -0.324 e. The Labute approximate surface area is 132 Å². The van der Waals surface area contributed by atoms with E-state index < -0.39 is 11.6 Å². The summed E-state index contributed by atoms with van der Waals surface area (Å²) in [4.78, 5) is 21.1. The second-order valence-electron chi connectivity index (χ2n) is 3.83. The zero-order valence-electron chi connectivity index (χ0n) is 9.90. The predicted molar refractivity (Wildman–Crippen MR) is 84.4 cm³/mol. The number of halogens is 3. The highest BCUT2D eigenvalue weighted by molar-refractivity contribution is 14.1. The first-order valence-corrected chi connectivity index (χ1v) is 5.84. The topological polar surface area (TPSA) is 58.2 Å². The number of hydrogen-bond donors (Lipinski definition) is 2. The van der Waals surface area contributed by atoms with E-state index in [4.69, 9.17) is 0 Å². The number of hydrogen-bond acceptors (Lipinski definition) is 2. The van der Waals surface area contributed by atoms with Crippen LogP contribution in [0.2, 0.25) is 0 Å². The molecule has 0 spiro atoms. The number of imide groups is 1. The largest absolute Gasteiger partial charge is 0.324 e. The SMILES string of the molecule is CC1(C)NC(=O)NC1=O.Cl.Cl.Ic1ccccc1. The van der Waals surface area contributed by atoms with Crippen LogP contribution in [-0.2, 0) is 4.79 Å². The summed E-state index contributed by atoms with van der Waals surface area (Å²) in [6.45, 7) is 3.29. The molecule has 7 heteroatoms. The normalized spacial score (nSPS) is 15.1. The van der Waals surface area contributed by atoms with Gasteiger partial charge in [-0.1, -0.05) is 18.2 Å². The number of rotatable bonds is 0. The molecule has 102 valence electrons. The van der Waals surface area contributed by atoms with E-state index in [0.29, 0.717) is 0 Å². The van der Waals surface area contributed by atoms with Gasteiger partial charge in [0.05, 0.1) is 0 Å². The van der Waals surface area contributed by atoms with Crippen molar-refractivity contribution in [3.8, 4) is 0 Å². The average Bonchev–Trinajstić information content (AvgIpc) is 2.40. The molecule has 0 radical (unpaired) electrons. The van der Waals surface area contributed by atoms with Crippen LogP contribution >= 0.6 is 47.4 Å². The summed E-state index contributed by atoms with van der Waals surface area (Å²) in [5.74, 6) is -0.271. The molecule has 0 saturated carbocycles. The van der Waals surface area contributed by atoms with E-state index in [0.717, 1.165) is 0 Å². The van der Waals surface area contributed by atoms with Crippen LogP contribution in [0.3, 0.4) is 0 Å². The molecule has 1 heterocycles. The van der Waals surface area contributed by atoms with Gasteiger partial charge < -0.3 is 5.32 Å². The Morgan fingerprint density at radius 1 is 1.06 bits per heavy atom. The molecule has 1 aliphatic heterocycles. The Balaban J connectivity index is 0. The Kier molecular flexibility index (Phi) is 9.41. The van der Waals surface area contributed by atoms with Crippen molar-refractivity contribution in [1.82, 2.24) is 10.6 Å². The van der Waals surface area contributed by atoms with Crippen molar-refractivity contribution in [2.24, 2.45) is 0 Å². The van der Waals surface area contributed by atoms with Crippen molar-refractivity contribution in [3.63, 3.8) is 0 Å². The number of carbonyl (C=O) groups is 2. The Morgan fingerprint density at radius 2 is 1.56 bits per heavy atom. The van der Waals surface area contributed by atoms with Crippen molar-refractivity contribution in [3.05, 3.63) is 33.9 Å². The molecule has 0 unspecified atom stereocenters. The van der Waals surface area contributed by atoms with Gasteiger partial charge in [0.15, 0.2) is 0 Å². The first kappa shape index (κ1) is 19.8. The van der Waals surface area contributed by atoms with Gasteiger partial charge >= 0.3 is 6.03 Å². The molecular weight excluding hydrogens is 390 g/mol. The van der Waals surface area contributed by atoms with E-state index in [2.05, 4.69) is 45.4 Å². The lowest BCUT2D eigenvalue weighted by molar-refractivity contribution is -0.122. The fourth-order valence-corrected chi connectivity index (χ4v) is 1.46. The number of carbonyl (C=O) groups excluding carboxylic acids is 2. The summed E-state index contributed by atoms with van der Waals surface area (Å²) >= 11 is 2.28. The lowest BCUT2D eigenvalue weighted by Gasteiger charge is -2.11. The summed E-state index contributed by atoms with van der Waals surface area (Å²) in [7, 11) is 0. The van der Waals surface area contributed by atoms with Gasteiger partial charge in [-0.2, -0.15) is 0 Å². The zero-order chi connectivity index (χ0) is 12.2. The van der Waals surface area contributed by atoms with E-state index in [-0.39, 0.29) is 30.7 Å². The highest BCUT2D eigenvalue weighted by Crippen LogP contribution is 2.06. The minimum absolute atomic E-state index is 0. The van der Waals surface area contributed by atoms with Crippen molar-refractivity contribution >= 4 is 59.3 Å². The van der Waals surface area contributed by atoms with Gasteiger partial charge in [0.25, 0.3) is 5.91 Å². The van der Waals surface area contributed by atoms with Crippen molar-refractivity contribution in [2.45, 2.75) is 19.4 Å². The fourth-order valence-electron chi connectivity index (χ4n) is 1.05. The van der Waals surface area contributed by atoms with Gasteiger partial charge in [0, 0.05) is 3.57 Å². The van der Waals surface area contributed by atoms with Crippen molar-refractivity contribution in [1.29, 1.82) is 0 Å². The van der Waals surface area contributed by atoms with Crippen LogP contribution in [0.4, 0.5) is 4.79 Å². The molecule has 0 aliphatic carbocycles. The molecule has 2 N–H and O–H groups in total. The Bertz CT molecular complexity index is 399. The van der Waals surface area contributed by atoms with Gasteiger partial charge in [-0.3, -0.25) is 10.1 Å². The number of nitrogens with one attached hydrogen (secondary N) is 2. The number of benzene rings is 1. The van der Waals surface area contributed by atoms with Gasteiger partial charge in [-0.25, -0.2) is 4.79 Å². The van der Waals surface area contributed by atoms with Crippen LogP contribution in [0, 0.1) is 3.57 Å². The lowest BCUT2D eigenvalue weighted by atomic mass is 10.1. The molecule has 1 aliphatic rings. The molecule has 2 rings (SSSR count). The third-order valence-electron chi connectivity index (χ3n) is 1.95. The van der Waals surface area contributed by atoms with E-state index in [1.54, 1.807) is 13.8 Å². The van der Waals surface area contributed by atoms with E-state index in [9.17, 15) is 9.59 Å². The quantitative estimate of drug-likeness (QED) is 0.516. The molecular formula is C11H15Cl2IN2O2. The molecule has 3 amide bonds. The molecule has 1 fully saturated rings. The smallest absolute Gasteiger partial charge is 0.322 e. The van der Waals surface area contributed by atoms with E-state index >= 15 is 0 Å². The third kappa shape index (κ3) is 6.42. The van der Waals surface area contributed by atoms with Gasteiger partial charge in [0.2, 0.25) is 0 Å². The molecule has 1 aromatic carbocycles. The molecule has 4 nitrogen and oxygen atoms in total. The van der Waals surface area contributed by atoms with Crippen LogP contribution in [0.25, 0.3) is 0 Å². The maximum Gasteiger partial charge on any atom is 0.322 e. The lowest BCUT2D eigenvalue weighted by Crippen LogP contribution is -2.39.